The molecule has 20 heteroatoms. The van der Waals surface area contributed by atoms with Crippen molar-refractivity contribution in [2.45, 2.75) is 0 Å². The summed E-state index contributed by atoms with van der Waals surface area (Å²) >= 11 is 0. The van der Waals surface area contributed by atoms with E-state index in [1.165, 1.54) is 0 Å². The summed E-state index contributed by atoms with van der Waals surface area (Å²) in [4.78, 5) is 86.2. The van der Waals surface area contributed by atoms with Gasteiger partial charge in [0, 0.05) is 26.2 Å². The zero-order valence-corrected chi connectivity index (χ0v) is 19.3. The van der Waals surface area contributed by atoms with Gasteiger partial charge in [-0.1, -0.05) is 0 Å². The molecule has 0 atom stereocenters. The summed E-state index contributed by atoms with van der Waals surface area (Å²) in [6, 6.07) is 0. The molecule has 0 aromatic rings. The van der Waals surface area contributed by atoms with Crippen LogP contribution >= 0.6 is 30.4 Å². The molecule has 0 radical (unpaired) electrons. The first-order chi connectivity index (χ1) is 13.3. The average molecular weight is 521 g/mol. The number of rotatable bonds is 16. The zero-order chi connectivity index (χ0) is 23.8. The number of carbonyl (C=O) groups excluding carboxylic acids is 1. The minimum Gasteiger partial charge on any atom is -0.324 e. The van der Waals surface area contributed by atoms with E-state index in [2.05, 4.69) is 0 Å². The lowest BCUT2D eigenvalue weighted by molar-refractivity contribution is -0.108. The van der Waals surface area contributed by atoms with E-state index >= 15 is 0 Å². The Labute approximate surface area is 172 Å². The Balaban J connectivity index is 5.23. The minimum atomic E-state index is -4.70. The van der Waals surface area contributed by atoms with Crippen molar-refractivity contribution in [2.75, 3.05) is 57.9 Å². The van der Waals surface area contributed by atoms with Crippen LogP contribution in [0.1, 0.15) is 0 Å². The molecule has 0 aromatic heterocycles. The van der Waals surface area contributed by atoms with Gasteiger partial charge in [0.15, 0.2) is 0 Å². The van der Waals surface area contributed by atoms with Gasteiger partial charge in [-0.15, -0.1) is 0 Å². The lowest BCUT2D eigenvalue weighted by Gasteiger charge is -2.29. The molecule has 0 aliphatic carbocycles. The van der Waals surface area contributed by atoms with Crippen LogP contribution in [-0.2, 0) is 23.1 Å². The van der Waals surface area contributed by atoms with Crippen LogP contribution in [0.5, 0.6) is 0 Å². The van der Waals surface area contributed by atoms with E-state index in [9.17, 15) is 32.8 Å². The van der Waals surface area contributed by atoms with Gasteiger partial charge in [0.25, 0.3) is 0 Å². The molecule has 0 unspecified atom stereocenters. The van der Waals surface area contributed by atoms with Crippen molar-refractivity contribution in [3.63, 3.8) is 0 Å². The summed E-state index contributed by atoms with van der Waals surface area (Å²) in [5, 5.41) is 0. The molecule has 0 bridgehead atoms. The maximum absolute atomic E-state index is 11.3. The Hall–Kier alpha value is 0.150. The summed E-state index contributed by atoms with van der Waals surface area (Å²) in [5.74, 6) is 0. The second-order valence-corrected chi connectivity index (χ2v) is 12.9. The molecule has 16 nitrogen and oxygen atoms in total. The van der Waals surface area contributed by atoms with Gasteiger partial charge >= 0.3 is 30.4 Å². The van der Waals surface area contributed by atoms with Crippen molar-refractivity contribution >= 4 is 36.7 Å². The van der Waals surface area contributed by atoms with Gasteiger partial charge in [0.1, 0.15) is 31.4 Å². The van der Waals surface area contributed by atoms with Crippen LogP contribution in [0, 0.1) is 0 Å². The molecular formula is C10H27N3O13P4. The predicted octanol–water partition coefficient (Wildman–Crippen LogP) is -2.37. The van der Waals surface area contributed by atoms with Gasteiger partial charge in [0.05, 0.1) is 6.54 Å². The molecule has 0 heterocycles. The SMILES string of the molecule is O=CCN(CCN(CCN(CP(=O)(O)O)CP(=O)(O)O)CP(=O)(O)O)CP(=O)(O)O. The largest absolute Gasteiger partial charge is 0.339 e. The minimum absolute atomic E-state index is 0.194. The first-order valence-electron chi connectivity index (χ1n) is 8.09. The van der Waals surface area contributed by atoms with Gasteiger partial charge in [-0.2, -0.15) is 0 Å². The molecule has 0 amide bonds. The van der Waals surface area contributed by atoms with Crippen LogP contribution < -0.4 is 0 Å². The molecule has 0 aromatic carbocycles. The normalized spacial score (nSPS) is 14.1. The molecule has 0 spiro atoms. The zero-order valence-electron chi connectivity index (χ0n) is 15.7. The Kier molecular flexibility index (Phi) is 12.5. The third kappa shape index (κ3) is 18.9. The molecule has 0 aliphatic heterocycles. The molecule has 8 N–H and O–H groups in total. The molecular weight excluding hydrogens is 494 g/mol. The number of hydrogen-bond donors (Lipinski definition) is 8. The highest BCUT2D eigenvalue weighted by Crippen LogP contribution is 2.41. The maximum Gasteiger partial charge on any atom is 0.339 e. The quantitative estimate of drug-likeness (QED) is 0.0780. The number of aldehydes is 1. The van der Waals surface area contributed by atoms with Crippen molar-refractivity contribution in [3.8, 4) is 0 Å². The monoisotopic (exact) mass is 521 g/mol. The molecule has 0 saturated carbocycles. The van der Waals surface area contributed by atoms with E-state index in [0.717, 1.165) is 14.7 Å². The molecule has 0 fully saturated rings. The highest BCUT2D eigenvalue weighted by molar-refractivity contribution is 7.52. The Bertz CT molecular complexity index is 703. The molecule has 0 saturated heterocycles. The van der Waals surface area contributed by atoms with Gasteiger partial charge in [0.2, 0.25) is 0 Å². The van der Waals surface area contributed by atoms with Crippen LogP contribution in [0.4, 0.5) is 0 Å². The lowest BCUT2D eigenvalue weighted by Crippen LogP contribution is -2.41. The third-order valence-electron chi connectivity index (χ3n) is 3.33. The fourth-order valence-corrected chi connectivity index (χ4v) is 5.64. The van der Waals surface area contributed by atoms with Crippen molar-refractivity contribution in [3.05, 3.63) is 0 Å². The average Bonchev–Trinajstić information content (AvgIpc) is 2.43. The molecule has 0 rings (SSSR count). The van der Waals surface area contributed by atoms with Crippen LogP contribution in [0.25, 0.3) is 0 Å². The Morgan fingerprint density at radius 3 is 1.10 bits per heavy atom. The van der Waals surface area contributed by atoms with Gasteiger partial charge in [-0.3, -0.25) is 33.0 Å². The second-order valence-electron chi connectivity index (χ2n) is 6.48. The molecule has 30 heavy (non-hydrogen) atoms. The van der Waals surface area contributed by atoms with Crippen LogP contribution in [0.15, 0.2) is 0 Å². The van der Waals surface area contributed by atoms with Crippen LogP contribution in [0.2, 0.25) is 0 Å². The summed E-state index contributed by atoms with van der Waals surface area (Å²) in [6.45, 7) is -1.45. The Morgan fingerprint density at radius 1 is 0.500 bits per heavy atom. The molecule has 180 valence electrons. The van der Waals surface area contributed by atoms with Crippen LogP contribution in [0.3, 0.4) is 0 Å². The van der Waals surface area contributed by atoms with Gasteiger partial charge < -0.3 is 43.9 Å². The van der Waals surface area contributed by atoms with Gasteiger partial charge in [-0.05, 0) is 0 Å². The van der Waals surface area contributed by atoms with Crippen molar-refractivity contribution in [2.24, 2.45) is 0 Å². The second kappa shape index (κ2) is 12.4. The van der Waals surface area contributed by atoms with E-state index in [-0.39, 0.29) is 32.7 Å². The van der Waals surface area contributed by atoms with Gasteiger partial charge in [-0.25, -0.2) is 0 Å². The van der Waals surface area contributed by atoms with E-state index < -0.39 is 55.5 Å². The first kappa shape index (κ1) is 30.1. The van der Waals surface area contributed by atoms with E-state index in [4.69, 9.17) is 29.4 Å². The summed E-state index contributed by atoms with van der Waals surface area (Å²) in [7, 11) is -18.5. The fraction of sp³-hybridized carbons (Fsp3) is 0.900. The number of nitrogens with zero attached hydrogens (tertiary/aromatic N) is 3. The summed E-state index contributed by atoms with van der Waals surface area (Å²) in [5.41, 5.74) is 0. The Morgan fingerprint density at radius 2 is 0.767 bits per heavy atom. The fourth-order valence-electron chi connectivity index (χ4n) is 2.37. The van der Waals surface area contributed by atoms with Crippen molar-refractivity contribution < 1.29 is 62.2 Å². The van der Waals surface area contributed by atoms with Crippen molar-refractivity contribution in [1.29, 1.82) is 0 Å². The number of carbonyl (C=O) groups is 1. The van der Waals surface area contributed by atoms with Crippen LogP contribution in [-0.4, -0.2) is 118 Å². The topological polar surface area (TPSA) is 257 Å². The number of hydrogen-bond acceptors (Lipinski definition) is 8. The summed E-state index contributed by atoms with van der Waals surface area (Å²) in [6.07, 6.45) is -3.24. The standard InChI is InChI=1S/C10H27N3O13P4/c14-6-5-12(8-28(18,19)20)2-1-11(7-27(15,16)17)3-4-13(9-29(21,22)23)10-30(24,25)26/h6H,1-5,7-10H2,(H2,15,16,17)(H2,18,19,20)(H2,21,22,23)(H2,24,25,26). The van der Waals surface area contributed by atoms with E-state index in [1.54, 1.807) is 0 Å². The third-order valence-corrected chi connectivity index (χ3v) is 6.41. The smallest absolute Gasteiger partial charge is 0.324 e. The van der Waals surface area contributed by atoms with E-state index in [0.29, 0.717) is 6.29 Å². The van der Waals surface area contributed by atoms with Crippen molar-refractivity contribution in [1.82, 2.24) is 14.7 Å². The lowest BCUT2D eigenvalue weighted by atomic mass is 10.4. The first-order valence-corrected chi connectivity index (χ1v) is 15.3. The summed E-state index contributed by atoms with van der Waals surface area (Å²) < 4.78 is 44.8. The van der Waals surface area contributed by atoms with E-state index in [1.807, 2.05) is 0 Å². The maximum atomic E-state index is 11.3. The highest BCUT2D eigenvalue weighted by atomic mass is 31.2. The molecule has 0 aliphatic rings. The highest BCUT2D eigenvalue weighted by Gasteiger charge is 2.28. The predicted molar refractivity (Wildman–Crippen MR) is 104 cm³/mol.